The van der Waals surface area contributed by atoms with Gasteiger partial charge < -0.3 is 15.4 Å². The maximum Gasteiger partial charge on any atom is 0.224 e. The van der Waals surface area contributed by atoms with Crippen LogP contribution in [-0.4, -0.2) is 41.6 Å². The van der Waals surface area contributed by atoms with Gasteiger partial charge >= 0.3 is 0 Å². The summed E-state index contributed by atoms with van der Waals surface area (Å²) < 4.78 is 5.45. The summed E-state index contributed by atoms with van der Waals surface area (Å²) in [6, 6.07) is 0.342. The molecule has 78 valence electrons. The molecule has 2 saturated heterocycles. The number of fused-ring (bicyclic) bond motifs is 2. The third-order valence-corrected chi connectivity index (χ3v) is 3.62. The molecule has 0 aromatic rings. The monoisotopic (exact) mass is 196 g/mol. The molecule has 2 N–H and O–H groups in total. The molecule has 3 rings (SSSR count). The second-order valence-corrected chi connectivity index (χ2v) is 4.93. The third kappa shape index (κ3) is 1.33. The van der Waals surface area contributed by atoms with Gasteiger partial charge in [0.2, 0.25) is 5.91 Å². The Morgan fingerprint density at radius 2 is 2.36 bits per heavy atom. The summed E-state index contributed by atoms with van der Waals surface area (Å²) in [5.74, 6) is 0.237. The van der Waals surface area contributed by atoms with Crippen molar-refractivity contribution in [3.63, 3.8) is 0 Å². The normalized spacial score (nSPS) is 37.6. The fourth-order valence-electron chi connectivity index (χ4n) is 2.45. The Balaban J connectivity index is 1.63. The van der Waals surface area contributed by atoms with Crippen LogP contribution in [0.1, 0.15) is 25.7 Å². The summed E-state index contributed by atoms with van der Waals surface area (Å²) in [5, 5.41) is 0. The molecule has 2 bridgehead atoms. The molecule has 0 aromatic heterocycles. The number of carbonyl (C=O) groups is 1. The van der Waals surface area contributed by atoms with Crippen LogP contribution < -0.4 is 5.73 Å². The highest BCUT2D eigenvalue weighted by atomic mass is 16.5. The number of likely N-dealkylation sites (tertiary alicyclic amines) is 1. The van der Waals surface area contributed by atoms with Crippen LogP contribution >= 0.6 is 0 Å². The number of nitrogens with zero attached hydrogens (tertiary/aromatic N) is 1. The van der Waals surface area contributed by atoms with Crippen LogP contribution in [0.3, 0.4) is 0 Å². The number of ether oxygens (including phenoxy) is 1. The fourth-order valence-corrected chi connectivity index (χ4v) is 2.45. The van der Waals surface area contributed by atoms with Crippen molar-refractivity contribution in [1.82, 2.24) is 4.90 Å². The minimum absolute atomic E-state index is 0.153. The van der Waals surface area contributed by atoms with E-state index >= 15 is 0 Å². The van der Waals surface area contributed by atoms with Crippen molar-refractivity contribution < 1.29 is 9.53 Å². The van der Waals surface area contributed by atoms with E-state index in [0.717, 1.165) is 32.4 Å². The van der Waals surface area contributed by atoms with Crippen molar-refractivity contribution in [1.29, 1.82) is 0 Å². The topological polar surface area (TPSA) is 55.6 Å². The number of nitrogens with two attached hydrogens (primary N) is 1. The molecule has 1 aliphatic carbocycles. The molecule has 0 radical (unpaired) electrons. The number of morpholine rings is 1. The second kappa shape index (κ2) is 2.70. The van der Waals surface area contributed by atoms with Crippen molar-refractivity contribution in [3.8, 4) is 0 Å². The van der Waals surface area contributed by atoms with Crippen LogP contribution in [0.4, 0.5) is 0 Å². The van der Waals surface area contributed by atoms with Gasteiger partial charge in [0.15, 0.2) is 0 Å². The molecule has 1 amide bonds. The van der Waals surface area contributed by atoms with Gasteiger partial charge in [-0.3, -0.25) is 4.79 Å². The molecule has 0 spiro atoms. The zero-order valence-electron chi connectivity index (χ0n) is 8.24. The summed E-state index contributed by atoms with van der Waals surface area (Å²) in [4.78, 5) is 13.9. The van der Waals surface area contributed by atoms with E-state index in [2.05, 4.69) is 0 Å². The highest BCUT2D eigenvalue weighted by Gasteiger charge is 2.46. The molecule has 0 aromatic carbocycles. The predicted octanol–water partition coefficient (Wildman–Crippen LogP) is -0.133. The number of rotatable bonds is 2. The fraction of sp³-hybridized carbons (Fsp3) is 0.900. The Bertz CT molecular complexity index is 275. The van der Waals surface area contributed by atoms with Gasteiger partial charge in [0, 0.05) is 18.5 Å². The second-order valence-electron chi connectivity index (χ2n) is 4.93. The molecular formula is C10H16N2O2. The lowest BCUT2D eigenvalue weighted by Crippen LogP contribution is -2.44. The van der Waals surface area contributed by atoms with Crippen LogP contribution in [0.25, 0.3) is 0 Å². The summed E-state index contributed by atoms with van der Waals surface area (Å²) in [5.41, 5.74) is 5.78. The first-order valence-corrected chi connectivity index (χ1v) is 5.36. The molecule has 2 heterocycles. The zero-order valence-corrected chi connectivity index (χ0v) is 8.24. The lowest BCUT2D eigenvalue weighted by Gasteiger charge is -2.27. The van der Waals surface area contributed by atoms with E-state index in [0.29, 0.717) is 18.6 Å². The van der Waals surface area contributed by atoms with Crippen LogP contribution in [0.15, 0.2) is 0 Å². The van der Waals surface area contributed by atoms with E-state index in [-0.39, 0.29) is 11.4 Å². The van der Waals surface area contributed by atoms with Crippen molar-refractivity contribution in [2.75, 3.05) is 13.2 Å². The molecule has 4 nitrogen and oxygen atoms in total. The largest absolute Gasteiger partial charge is 0.374 e. The molecule has 2 atom stereocenters. The van der Waals surface area contributed by atoms with Gasteiger partial charge in [-0.05, 0) is 19.3 Å². The van der Waals surface area contributed by atoms with E-state index in [1.807, 2.05) is 4.90 Å². The summed E-state index contributed by atoms with van der Waals surface area (Å²) in [6.45, 7) is 1.52. The number of hydrogen-bond donors (Lipinski definition) is 1. The number of amides is 1. The first kappa shape index (κ1) is 8.68. The maximum atomic E-state index is 11.9. The van der Waals surface area contributed by atoms with Gasteiger partial charge in [-0.1, -0.05) is 0 Å². The van der Waals surface area contributed by atoms with E-state index < -0.39 is 0 Å². The average molecular weight is 196 g/mol. The Morgan fingerprint density at radius 1 is 1.57 bits per heavy atom. The minimum Gasteiger partial charge on any atom is -0.374 e. The van der Waals surface area contributed by atoms with Crippen molar-refractivity contribution in [3.05, 3.63) is 0 Å². The van der Waals surface area contributed by atoms with Crippen LogP contribution in [0.2, 0.25) is 0 Å². The van der Waals surface area contributed by atoms with Gasteiger partial charge in [0.25, 0.3) is 0 Å². The summed E-state index contributed by atoms with van der Waals surface area (Å²) in [7, 11) is 0. The molecule has 2 aliphatic heterocycles. The summed E-state index contributed by atoms with van der Waals surface area (Å²) in [6.07, 6.45) is 3.89. The highest BCUT2D eigenvalue weighted by Crippen LogP contribution is 2.37. The molecule has 4 heteroatoms. The number of hydrogen-bond acceptors (Lipinski definition) is 3. The van der Waals surface area contributed by atoms with Gasteiger partial charge in [0.05, 0.1) is 18.8 Å². The molecular weight excluding hydrogens is 180 g/mol. The van der Waals surface area contributed by atoms with Crippen LogP contribution in [0, 0.1) is 0 Å². The van der Waals surface area contributed by atoms with Crippen LogP contribution in [0.5, 0.6) is 0 Å². The Labute approximate surface area is 83.4 Å². The lowest BCUT2D eigenvalue weighted by molar-refractivity contribution is -0.136. The first-order chi connectivity index (χ1) is 6.66. The van der Waals surface area contributed by atoms with Gasteiger partial charge in [-0.2, -0.15) is 0 Å². The van der Waals surface area contributed by atoms with Crippen molar-refractivity contribution in [2.45, 2.75) is 43.4 Å². The maximum absolute atomic E-state index is 11.9. The molecule has 2 unspecified atom stereocenters. The van der Waals surface area contributed by atoms with E-state index in [1.54, 1.807) is 0 Å². The van der Waals surface area contributed by atoms with Crippen molar-refractivity contribution in [2.24, 2.45) is 5.73 Å². The van der Waals surface area contributed by atoms with E-state index in [1.165, 1.54) is 0 Å². The third-order valence-electron chi connectivity index (χ3n) is 3.62. The molecule has 1 saturated carbocycles. The van der Waals surface area contributed by atoms with Crippen LogP contribution in [-0.2, 0) is 9.53 Å². The van der Waals surface area contributed by atoms with E-state index in [4.69, 9.17) is 10.5 Å². The lowest BCUT2D eigenvalue weighted by atomic mass is 10.1. The Kier molecular flexibility index (Phi) is 1.67. The smallest absolute Gasteiger partial charge is 0.224 e. The zero-order chi connectivity index (χ0) is 9.76. The quantitative estimate of drug-likeness (QED) is 0.669. The Morgan fingerprint density at radius 3 is 2.86 bits per heavy atom. The van der Waals surface area contributed by atoms with Crippen molar-refractivity contribution >= 4 is 5.91 Å². The first-order valence-electron chi connectivity index (χ1n) is 5.36. The summed E-state index contributed by atoms with van der Waals surface area (Å²) >= 11 is 0. The van der Waals surface area contributed by atoms with Gasteiger partial charge in [-0.25, -0.2) is 0 Å². The molecule has 3 aliphatic rings. The SMILES string of the molecule is NC1(CC(=O)N2CC3CC2CO3)CC1. The van der Waals surface area contributed by atoms with Gasteiger partial charge in [-0.15, -0.1) is 0 Å². The predicted molar refractivity (Wildman–Crippen MR) is 50.6 cm³/mol. The molecule has 3 fully saturated rings. The highest BCUT2D eigenvalue weighted by molar-refractivity contribution is 5.78. The minimum atomic E-state index is -0.153. The Hall–Kier alpha value is -0.610. The van der Waals surface area contributed by atoms with Gasteiger partial charge in [0.1, 0.15) is 0 Å². The average Bonchev–Trinajstić information content (AvgIpc) is 2.67. The van der Waals surface area contributed by atoms with E-state index in [9.17, 15) is 4.79 Å². The standard InChI is InChI=1S/C10H16N2O2/c11-10(1-2-10)4-9(13)12-5-8-3-7(12)6-14-8/h7-8H,1-6,11H2. The number of carbonyl (C=O) groups excluding carboxylic acids is 1. The molecule has 14 heavy (non-hydrogen) atoms.